The quantitative estimate of drug-likeness (QED) is 0.669. The predicted molar refractivity (Wildman–Crippen MR) is 70.8 cm³/mol. The lowest BCUT2D eigenvalue weighted by Crippen LogP contribution is -2.43. The second-order valence-corrected chi connectivity index (χ2v) is 4.60. The summed E-state index contributed by atoms with van der Waals surface area (Å²) < 4.78 is 9.63. The van der Waals surface area contributed by atoms with Crippen molar-refractivity contribution in [3.05, 3.63) is 0 Å². The Morgan fingerprint density at radius 3 is 2.50 bits per heavy atom. The van der Waals surface area contributed by atoms with Gasteiger partial charge in [-0.25, -0.2) is 0 Å². The second kappa shape index (κ2) is 8.52. The number of hydrogen-bond donors (Lipinski definition) is 1. The highest BCUT2D eigenvalue weighted by Gasteiger charge is 2.24. The molecule has 1 heterocycles. The molecule has 7 heteroatoms. The average molecular weight is 286 g/mol. The fourth-order valence-electron chi connectivity index (χ4n) is 1.95. The minimum Gasteiger partial charge on any atom is -0.468 e. The molecule has 1 aliphatic heterocycles. The smallest absolute Gasteiger partial charge is 0.325 e. The SMILES string of the molecule is CC[C@H](CC(=O)N1CCOCC1)C(=O)NCC(=O)OC. The first-order chi connectivity index (χ1) is 9.58. The third kappa shape index (κ3) is 5.16. The minimum absolute atomic E-state index is 0.0478. The van der Waals surface area contributed by atoms with E-state index in [0.717, 1.165) is 0 Å². The van der Waals surface area contributed by atoms with Gasteiger partial charge in [0.1, 0.15) is 6.54 Å². The topological polar surface area (TPSA) is 84.9 Å². The maximum absolute atomic E-state index is 12.1. The van der Waals surface area contributed by atoms with E-state index in [2.05, 4.69) is 10.1 Å². The fraction of sp³-hybridized carbons (Fsp3) is 0.769. The zero-order valence-electron chi connectivity index (χ0n) is 12.0. The Labute approximate surface area is 118 Å². The number of hydrogen-bond acceptors (Lipinski definition) is 5. The van der Waals surface area contributed by atoms with E-state index in [0.29, 0.717) is 32.7 Å². The van der Waals surface area contributed by atoms with Gasteiger partial charge in [0.2, 0.25) is 11.8 Å². The van der Waals surface area contributed by atoms with Crippen molar-refractivity contribution in [2.24, 2.45) is 5.92 Å². The van der Waals surface area contributed by atoms with E-state index in [1.807, 2.05) is 6.92 Å². The van der Waals surface area contributed by atoms with Crippen molar-refractivity contribution in [2.75, 3.05) is 40.0 Å². The van der Waals surface area contributed by atoms with Crippen molar-refractivity contribution in [1.82, 2.24) is 10.2 Å². The first kappa shape index (κ1) is 16.4. The molecule has 0 aromatic heterocycles. The van der Waals surface area contributed by atoms with E-state index >= 15 is 0 Å². The Kier molecular flexibility index (Phi) is 7.00. The van der Waals surface area contributed by atoms with Gasteiger partial charge in [0.05, 0.1) is 20.3 Å². The van der Waals surface area contributed by atoms with E-state index in [1.54, 1.807) is 4.90 Å². The molecule has 20 heavy (non-hydrogen) atoms. The predicted octanol–water partition coefficient (Wildman–Crippen LogP) is -0.449. The van der Waals surface area contributed by atoms with Crippen LogP contribution in [0.4, 0.5) is 0 Å². The first-order valence-corrected chi connectivity index (χ1v) is 6.78. The third-order valence-corrected chi connectivity index (χ3v) is 3.28. The number of ether oxygens (including phenoxy) is 2. The van der Waals surface area contributed by atoms with Gasteiger partial charge < -0.3 is 19.7 Å². The molecule has 2 amide bonds. The summed E-state index contributed by atoms with van der Waals surface area (Å²) in [5.41, 5.74) is 0. The Balaban J connectivity index is 2.42. The summed E-state index contributed by atoms with van der Waals surface area (Å²) in [6, 6.07) is 0. The summed E-state index contributed by atoms with van der Waals surface area (Å²) in [6.45, 7) is 3.89. The maximum Gasteiger partial charge on any atom is 0.325 e. The molecule has 1 N–H and O–H groups in total. The molecule has 1 aliphatic rings. The molecular formula is C13H22N2O5. The molecule has 1 saturated heterocycles. The normalized spacial score (nSPS) is 16.4. The highest BCUT2D eigenvalue weighted by Crippen LogP contribution is 2.12. The van der Waals surface area contributed by atoms with Gasteiger partial charge in [-0.1, -0.05) is 6.92 Å². The van der Waals surface area contributed by atoms with Crippen LogP contribution in [0, 0.1) is 5.92 Å². The Morgan fingerprint density at radius 1 is 1.30 bits per heavy atom. The number of nitrogens with one attached hydrogen (secondary N) is 1. The van der Waals surface area contributed by atoms with E-state index < -0.39 is 11.9 Å². The van der Waals surface area contributed by atoms with Gasteiger partial charge >= 0.3 is 5.97 Å². The number of nitrogens with zero attached hydrogens (tertiary/aromatic N) is 1. The standard InChI is InChI=1S/C13H22N2O5/c1-3-10(13(18)14-9-12(17)19-2)8-11(16)15-4-6-20-7-5-15/h10H,3-9H2,1-2H3,(H,14,18)/t10-/m1/s1. The van der Waals surface area contributed by atoms with Gasteiger partial charge in [0.15, 0.2) is 0 Å². The van der Waals surface area contributed by atoms with E-state index in [4.69, 9.17) is 4.74 Å². The largest absolute Gasteiger partial charge is 0.468 e. The molecule has 0 bridgehead atoms. The van der Waals surface area contributed by atoms with Gasteiger partial charge in [0, 0.05) is 25.4 Å². The van der Waals surface area contributed by atoms with Gasteiger partial charge in [-0.15, -0.1) is 0 Å². The molecule has 1 atom stereocenters. The van der Waals surface area contributed by atoms with Crippen LogP contribution in [0.2, 0.25) is 0 Å². The Morgan fingerprint density at radius 2 is 1.95 bits per heavy atom. The molecule has 1 fully saturated rings. The molecule has 114 valence electrons. The van der Waals surface area contributed by atoms with Crippen LogP contribution in [0.15, 0.2) is 0 Å². The molecule has 0 saturated carbocycles. The Bertz CT molecular complexity index is 353. The molecule has 0 aromatic rings. The molecule has 0 aliphatic carbocycles. The van der Waals surface area contributed by atoms with Crippen LogP contribution in [-0.4, -0.2) is 62.6 Å². The second-order valence-electron chi connectivity index (χ2n) is 4.60. The maximum atomic E-state index is 12.1. The number of carbonyl (C=O) groups is 3. The summed E-state index contributed by atoms with van der Waals surface area (Å²) in [4.78, 5) is 36.6. The van der Waals surface area contributed by atoms with Gasteiger partial charge in [-0.3, -0.25) is 14.4 Å². The third-order valence-electron chi connectivity index (χ3n) is 3.28. The van der Waals surface area contributed by atoms with Crippen LogP contribution in [0.1, 0.15) is 19.8 Å². The molecule has 0 spiro atoms. The summed E-state index contributed by atoms with van der Waals surface area (Å²) in [5, 5.41) is 2.48. The summed E-state index contributed by atoms with van der Waals surface area (Å²) in [7, 11) is 1.26. The lowest BCUT2D eigenvalue weighted by molar-refractivity contribution is -0.142. The van der Waals surface area contributed by atoms with E-state index in [-0.39, 0.29) is 24.8 Å². The van der Waals surface area contributed by atoms with Crippen molar-refractivity contribution < 1.29 is 23.9 Å². The molecule has 0 unspecified atom stereocenters. The van der Waals surface area contributed by atoms with Crippen molar-refractivity contribution >= 4 is 17.8 Å². The van der Waals surface area contributed by atoms with Crippen LogP contribution in [0.25, 0.3) is 0 Å². The molecule has 7 nitrogen and oxygen atoms in total. The zero-order valence-corrected chi connectivity index (χ0v) is 12.0. The monoisotopic (exact) mass is 286 g/mol. The van der Waals surface area contributed by atoms with Crippen molar-refractivity contribution in [3.63, 3.8) is 0 Å². The number of morpholine rings is 1. The van der Waals surface area contributed by atoms with Crippen molar-refractivity contribution in [3.8, 4) is 0 Å². The van der Waals surface area contributed by atoms with Crippen LogP contribution < -0.4 is 5.32 Å². The summed E-state index contributed by atoms with van der Waals surface area (Å²) in [5.74, 6) is -1.27. The number of esters is 1. The van der Waals surface area contributed by atoms with Gasteiger partial charge in [-0.2, -0.15) is 0 Å². The van der Waals surface area contributed by atoms with Gasteiger partial charge in [-0.05, 0) is 6.42 Å². The van der Waals surface area contributed by atoms with E-state index in [9.17, 15) is 14.4 Å². The number of rotatable bonds is 6. The average Bonchev–Trinajstić information content (AvgIpc) is 2.50. The highest BCUT2D eigenvalue weighted by molar-refractivity contribution is 5.87. The number of carbonyl (C=O) groups excluding carboxylic acids is 3. The number of methoxy groups -OCH3 is 1. The fourth-order valence-corrected chi connectivity index (χ4v) is 1.95. The number of amides is 2. The lowest BCUT2D eigenvalue weighted by Gasteiger charge is -2.28. The zero-order chi connectivity index (χ0) is 15.0. The lowest BCUT2D eigenvalue weighted by atomic mass is 10.0. The molecule has 0 radical (unpaired) electrons. The highest BCUT2D eigenvalue weighted by atomic mass is 16.5. The minimum atomic E-state index is -0.507. The van der Waals surface area contributed by atoms with E-state index in [1.165, 1.54) is 7.11 Å². The van der Waals surface area contributed by atoms with Crippen LogP contribution >= 0.6 is 0 Å². The molecule has 0 aromatic carbocycles. The van der Waals surface area contributed by atoms with Crippen LogP contribution in [0.3, 0.4) is 0 Å². The van der Waals surface area contributed by atoms with Crippen LogP contribution in [-0.2, 0) is 23.9 Å². The first-order valence-electron chi connectivity index (χ1n) is 6.78. The van der Waals surface area contributed by atoms with Gasteiger partial charge in [0.25, 0.3) is 0 Å². The van der Waals surface area contributed by atoms with Crippen molar-refractivity contribution in [2.45, 2.75) is 19.8 Å². The summed E-state index contributed by atoms with van der Waals surface area (Å²) >= 11 is 0. The van der Waals surface area contributed by atoms with Crippen LogP contribution in [0.5, 0.6) is 0 Å². The van der Waals surface area contributed by atoms with Crippen molar-refractivity contribution in [1.29, 1.82) is 0 Å². The molecule has 1 rings (SSSR count). The summed E-state index contributed by atoms with van der Waals surface area (Å²) in [6.07, 6.45) is 0.701. The Hall–Kier alpha value is -1.63. The molecular weight excluding hydrogens is 264 g/mol.